The predicted octanol–water partition coefficient (Wildman–Crippen LogP) is 4.44. The molecular formula is C23H29ClN2O2. The Morgan fingerprint density at radius 1 is 1.00 bits per heavy atom. The number of aryl methyl sites for hydroxylation is 2. The van der Waals surface area contributed by atoms with Crippen molar-refractivity contribution >= 4 is 23.4 Å². The zero-order chi connectivity index (χ0) is 20.7. The Labute approximate surface area is 172 Å². The summed E-state index contributed by atoms with van der Waals surface area (Å²) in [5, 5.41) is 3.50. The second-order valence-electron chi connectivity index (χ2n) is 7.06. The number of carbonyl (C=O) groups excluding carboxylic acids is 2. The Balaban J connectivity index is 2.28. The fraction of sp³-hybridized carbons (Fsp3) is 0.391. The molecule has 0 saturated heterocycles. The van der Waals surface area contributed by atoms with E-state index in [1.165, 1.54) is 5.56 Å². The molecular weight excluding hydrogens is 372 g/mol. The van der Waals surface area contributed by atoms with E-state index in [2.05, 4.69) is 12.2 Å². The summed E-state index contributed by atoms with van der Waals surface area (Å²) in [5.74, 6) is -0.177. The van der Waals surface area contributed by atoms with Crippen molar-refractivity contribution in [3.8, 4) is 0 Å². The molecule has 0 heterocycles. The number of hydrogen-bond acceptors (Lipinski definition) is 2. The van der Waals surface area contributed by atoms with Crippen molar-refractivity contribution in [1.29, 1.82) is 0 Å². The highest BCUT2D eigenvalue weighted by Crippen LogP contribution is 2.18. The Morgan fingerprint density at radius 3 is 2.21 bits per heavy atom. The second kappa shape index (κ2) is 10.3. The summed E-state index contributed by atoms with van der Waals surface area (Å²) >= 11 is 5.98. The molecule has 0 spiro atoms. The van der Waals surface area contributed by atoms with Crippen LogP contribution in [0.2, 0.25) is 5.02 Å². The van der Waals surface area contributed by atoms with Crippen LogP contribution < -0.4 is 5.32 Å². The highest BCUT2D eigenvalue weighted by Gasteiger charge is 2.28. The van der Waals surface area contributed by atoms with Gasteiger partial charge in [0.05, 0.1) is 6.42 Å². The minimum Gasteiger partial charge on any atom is -0.355 e. The van der Waals surface area contributed by atoms with Crippen LogP contribution in [-0.4, -0.2) is 29.3 Å². The molecule has 0 aliphatic rings. The first kappa shape index (κ1) is 22.0. The number of carbonyl (C=O) groups is 2. The first-order valence-corrected chi connectivity index (χ1v) is 10.1. The maximum absolute atomic E-state index is 13.2. The normalized spacial score (nSPS) is 11.8. The summed E-state index contributed by atoms with van der Waals surface area (Å²) in [7, 11) is 0. The van der Waals surface area contributed by atoms with Gasteiger partial charge in [-0.1, -0.05) is 48.9 Å². The monoisotopic (exact) mass is 400 g/mol. The lowest BCUT2D eigenvalue weighted by atomic mass is 10.0. The zero-order valence-corrected chi connectivity index (χ0v) is 17.8. The van der Waals surface area contributed by atoms with Crippen molar-refractivity contribution in [3.63, 3.8) is 0 Å². The van der Waals surface area contributed by atoms with E-state index in [0.29, 0.717) is 24.5 Å². The van der Waals surface area contributed by atoms with Gasteiger partial charge in [-0.2, -0.15) is 0 Å². The summed E-state index contributed by atoms with van der Waals surface area (Å²) in [6.07, 6.45) is 0.822. The van der Waals surface area contributed by atoms with Crippen molar-refractivity contribution < 1.29 is 9.59 Å². The van der Waals surface area contributed by atoms with Gasteiger partial charge in [0.25, 0.3) is 0 Å². The molecule has 0 radical (unpaired) electrons. The molecule has 0 aromatic heterocycles. The van der Waals surface area contributed by atoms with Crippen molar-refractivity contribution in [1.82, 2.24) is 10.2 Å². The molecule has 0 unspecified atom stereocenters. The minimum absolute atomic E-state index is 0.0590. The SMILES string of the molecule is CCNC(=O)[C@@H](CC)N(Cc1ccc(Cl)cc1)C(=O)Cc1ccc(C)c(C)c1. The van der Waals surface area contributed by atoms with Crippen LogP contribution in [0, 0.1) is 13.8 Å². The Kier molecular flexibility index (Phi) is 8.06. The third kappa shape index (κ3) is 5.83. The van der Waals surface area contributed by atoms with E-state index in [4.69, 9.17) is 11.6 Å². The highest BCUT2D eigenvalue weighted by molar-refractivity contribution is 6.30. The molecule has 1 N–H and O–H groups in total. The van der Waals surface area contributed by atoms with E-state index >= 15 is 0 Å². The molecule has 2 aromatic carbocycles. The number of likely N-dealkylation sites (N-methyl/N-ethyl adjacent to an activating group) is 1. The molecule has 0 aliphatic heterocycles. The van der Waals surface area contributed by atoms with Gasteiger partial charge in [-0.3, -0.25) is 9.59 Å². The molecule has 2 rings (SSSR count). The molecule has 0 aliphatic carbocycles. The van der Waals surface area contributed by atoms with Crippen LogP contribution in [0.3, 0.4) is 0 Å². The van der Waals surface area contributed by atoms with Gasteiger partial charge in [0.15, 0.2) is 0 Å². The Hall–Kier alpha value is -2.33. The Bertz CT molecular complexity index is 818. The average molecular weight is 401 g/mol. The Morgan fingerprint density at radius 2 is 1.64 bits per heavy atom. The van der Waals surface area contributed by atoms with Gasteiger partial charge in [0, 0.05) is 18.1 Å². The number of amides is 2. The lowest BCUT2D eigenvalue weighted by Gasteiger charge is -2.30. The topological polar surface area (TPSA) is 49.4 Å². The van der Waals surface area contributed by atoms with Gasteiger partial charge in [0.2, 0.25) is 11.8 Å². The van der Waals surface area contributed by atoms with Crippen LogP contribution in [-0.2, 0) is 22.6 Å². The van der Waals surface area contributed by atoms with Crippen molar-refractivity contribution in [2.75, 3.05) is 6.54 Å². The predicted molar refractivity (Wildman–Crippen MR) is 114 cm³/mol. The molecule has 2 amide bonds. The third-order valence-corrected chi connectivity index (χ3v) is 5.18. The first-order chi connectivity index (χ1) is 13.3. The largest absolute Gasteiger partial charge is 0.355 e. The number of benzene rings is 2. The van der Waals surface area contributed by atoms with E-state index < -0.39 is 6.04 Å². The minimum atomic E-state index is -0.505. The quantitative estimate of drug-likeness (QED) is 0.711. The first-order valence-electron chi connectivity index (χ1n) is 9.73. The van der Waals surface area contributed by atoms with Crippen molar-refractivity contribution in [2.24, 2.45) is 0 Å². The van der Waals surface area contributed by atoms with E-state index in [0.717, 1.165) is 16.7 Å². The summed E-state index contributed by atoms with van der Waals surface area (Å²) in [6, 6.07) is 12.9. The van der Waals surface area contributed by atoms with Gasteiger partial charge in [-0.15, -0.1) is 0 Å². The average Bonchev–Trinajstić information content (AvgIpc) is 2.66. The van der Waals surface area contributed by atoms with Crippen molar-refractivity contribution in [3.05, 3.63) is 69.7 Å². The van der Waals surface area contributed by atoms with Crippen LogP contribution in [0.25, 0.3) is 0 Å². The van der Waals surface area contributed by atoms with Crippen LogP contribution in [0.1, 0.15) is 42.5 Å². The standard InChI is InChI=1S/C23H29ClN2O2/c1-5-21(23(28)25-6-2)26(15-18-9-11-20(24)12-10-18)22(27)14-19-8-7-16(3)17(4)13-19/h7-13,21H,5-6,14-15H2,1-4H3,(H,25,28)/t21-/m1/s1. The molecule has 28 heavy (non-hydrogen) atoms. The number of halogens is 1. The molecule has 150 valence electrons. The van der Waals surface area contributed by atoms with E-state index in [9.17, 15) is 9.59 Å². The van der Waals surface area contributed by atoms with E-state index in [1.54, 1.807) is 17.0 Å². The van der Waals surface area contributed by atoms with Crippen molar-refractivity contribution in [2.45, 2.75) is 53.1 Å². The lowest BCUT2D eigenvalue weighted by Crippen LogP contribution is -2.49. The number of nitrogens with zero attached hydrogens (tertiary/aromatic N) is 1. The van der Waals surface area contributed by atoms with Crippen LogP contribution in [0.15, 0.2) is 42.5 Å². The van der Waals surface area contributed by atoms with Gasteiger partial charge in [-0.05, 0) is 61.6 Å². The smallest absolute Gasteiger partial charge is 0.242 e. The molecule has 0 bridgehead atoms. The van der Waals surface area contributed by atoms with Gasteiger partial charge in [0.1, 0.15) is 6.04 Å². The van der Waals surface area contributed by atoms with Crippen LogP contribution in [0.4, 0.5) is 0 Å². The second-order valence-corrected chi connectivity index (χ2v) is 7.50. The van der Waals surface area contributed by atoms with Gasteiger partial charge < -0.3 is 10.2 Å². The summed E-state index contributed by atoms with van der Waals surface area (Å²) < 4.78 is 0. The fourth-order valence-corrected chi connectivity index (χ4v) is 3.31. The molecule has 5 heteroatoms. The molecule has 0 fully saturated rings. The van der Waals surface area contributed by atoms with Crippen LogP contribution in [0.5, 0.6) is 0 Å². The summed E-state index contributed by atoms with van der Waals surface area (Å²) in [5.41, 5.74) is 4.26. The lowest BCUT2D eigenvalue weighted by molar-refractivity contribution is -0.140. The van der Waals surface area contributed by atoms with Gasteiger partial charge in [-0.25, -0.2) is 0 Å². The zero-order valence-electron chi connectivity index (χ0n) is 17.1. The number of nitrogens with one attached hydrogen (secondary N) is 1. The maximum Gasteiger partial charge on any atom is 0.242 e. The summed E-state index contributed by atoms with van der Waals surface area (Å²) in [6.45, 7) is 8.81. The molecule has 2 aromatic rings. The molecule has 4 nitrogen and oxygen atoms in total. The highest BCUT2D eigenvalue weighted by atomic mass is 35.5. The van der Waals surface area contributed by atoms with Crippen LogP contribution >= 0.6 is 11.6 Å². The molecule has 1 atom stereocenters. The number of rotatable bonds is 8. The number of hydrogen-bond donors (Lipinski definition) is 1. The molecule has 0 saturated carbocycles. The third-order valence-electron chi connectivity index (χ3n) is 4.93. The summed E-state index contributed by atoms with van der Waals surface area (Å²) in [4.78, 5) is 27.5. The van der Waals surface area contributed by atoms with E-state index in [1.807, 2.05) is 51.1 Å². The van der Waals surface area contributed by atoms with Gasteiger partial charge >= 0.3 is 0 Å². The fourth-order valence-electron chi connectivity index (χ4n) is 3.19. The maximum atomic E-state index is 13.2. The van der Waals surface area contributed by atoms with E-state index in [-0.39, 0.29) is 18.2 Å².